The smallest absolute Gasteiger partial charge is 0.253 e. The lowest BCUT2D eigenvalue weighted by molar-refractivity contribution is 0.0789. The number of nitrogens with two attached hydrogens (primary N) is 1. The van der Waals surface area contributed by atoms with Crippen LogP contribution >= 0.6 is 0 Å². The van der Waals surface area contributed by atoms with Crippen molar-refractivity contribution >= 4 is 5.91 Å². The van der Waals surface area contributed by atoms with E-state index < -0.39 is 0 Å². The molecule has 124 valence electrons. The minimum atomic E-state index is -0.000558. The highest BCUT2D eigenvalue weighted by atomic mass is 16.5. The fraction of sp³-hybridized carbons (Fsp3) is 0.588. The van der Waals surface area contributed by atoms with Crippen LogP contribution in [0.5, 0.6) is 5.75 Å². The van der Waals surface area contributed by atoms with Crippen LogP contribution in [0.4, 0.5) is 0 Å². The molecule has 22 heavy (non-hydrogen) atoms. The Morgan fingerprint density at radius 3 is 2.41 bits per heavy atom. The van der Waals surface area contributed by atoms with Crippen LogP contribution in [0.3, 0.4) is 0 Å². The van der Waals surface area contributed by atoms with Crippen molar-refractivity contribution in [1.29, 1.82) is 0 Å². The number of ether oxygens (including phenoxy) is 2. The molecule has 0 saturated carbocycles. The third-order valence-corrected chi connectivity index (χ3v) is 3.66. The highest BCUT2D eigenvalue weighted by Crippen LogP contribution is 2.14. The predicted octanol–water partition coefficient (Wildman–Crippen LogP) is 2.16. The van der Waals surface area contributed by atoms with Gasteiger partial charge in [-0.1, -0.05) is 13.8 Å². The Labute approximate surface area is 133 Å². The lowest BCUT2D eigenvalue weighted by Gasteiger charge is -2.21. The van der Waals surface area contributed by atoms with Gasteiger partial charge in [0.2, 0.25) is 0 Å². The Bertz CT molecular complexity index is 446. The summed E-state index contributed by atoms with van der Waals surface area (Å²) in [5.74, 6) is 1.16. The van der Waals surface area contributed by atoms with Crippen molar-refractivity contribution in [3.05, 3.63) is 29.8 Å². The number of methoxy groups -OCH3 is 1. The standard InChI is InChI=1S/C17H28N2O3/c1-13(2)16(18)9-10-19(3)17(20)14-5-7-15(8-6-14)22-12-11-21-4/h5-8,13,16H,9-12,18H2,1-4H3. The van der Waals surface area contributed by atoms with Crippen molar-refractivity contribution in [2.75, 3.05) is 33.9 Å². The molecule has 1 rings (SSSR count). The van der Waals surface area contributed by atoms with Crippen molar-refractivity contribution in [2.24, 2.45) is 11.7 Å². The number of hydrogen-bond acceptors (Lipinski definition) is 4. The van der Waals surface area contributed by atoms with Gasteiger partial charge < -0.3 is 20.1 Å². The quantitative estimate of drug-likeness (QED) is 0.710. The van der Waals surface area contributed by atoms with E-state index in [0.29, 0.717) is 31.2 Å². The number of hydrogen-bond donors (Lipinski definition) is 1. The number of nitrogens with zero attached hydrogens (tertiary/aromatic N) is 1. The fourth-order valence-electron chi connectivity index (χ4n) is 1.93. The van der Waals surface area contributed by atoms with Crippen molar-refractivity contribution in [3.8, 4) is 5.75 Å². The van der Waals surface area contributed by atoms with Gasteiger partial charge in [0.25, 0.3) is 5.91 Å². The fourth-order valence-corrected chi connectivity index (χ4v) is 1.93. The molecule has 1 unspecified atom stereocenters. The van der Waals surface area contributed by atoms with E-state index >= 15 is 0 Å². The molecule has 0 aromatic heterocycles. The Morgan fingerprint density at radius 1 is 1.23 bits per heavy atom. The molecular formula is C17H28N2O3. The van der Waals surface area contributed by atoms with Crippen LogP contribution in [0.2, 0.25) is 0 Å². The van der Waals surface area contributed by atoms with Crippen molar-refractivity contribution in [1.82, 2.24) is 4.90 Å². The zero-order valence-electron chi connectivity index (χ0n) is 14.0. The number of carbonyl (C=O) groups excluding carboxylic acids is 1. The van der Waals surface area contributed by atoms with Gasteiger partial charge in [-0.2, -0.15) is 0 Å². The summed E-state index contributed by atoms with van der Waals surface area (Å²) in [6.45, 7) is 5.88. The highest BCUT2D eigenvalue weighted by Gasteiger charge is 2.14. The predicted molar refractivity (Wildman–Crippen MR) is 88.2 cm³/mol. The molecule has 5 nitrogen and oxygen atoms in total. The van der Waals surface area contributed by atoms with E-state index in [1.807, 2.05) is 0 Å². The van der Waals surface area contributed by atoms with Gasteiger partial charge in [0.1, 0.15) is 12.4 Å². The normalized spacial score (nSPS) is 12.3. The molecule has 0 aliphatic heterocycles. The third kappa shape index (κ3) is 6.03. The van der Waals surface area contributed by atoms with Gasteiger partial charge in [0.05, 0.1) is 6.61 Å². The summed E-state index contributed by atoms with van der Waals surface area (Å²) in [5, 5.41) is 0. The molecule has 0 heterocycles. The van der Waals surface area contributed by atoms with Crippen LogP contribution in [-0.2, 0) is 4.74 Å². The molecule has 5 heteroatoms. The molecule has 1 amide bonds. The van der Waals surface area contributed by atoms with Crippen LogP contribution in [0.1, 0.15) is 30.6 Å². The number of amides is 1. The number of carbonyl (C=O) groups is 1. The molecule has 0 fully saturated rings. The topological polar surface area (TPSA) is 64.8 Å². The van der Waals surface area contributed by atoms with Crippen molar-refractivity contribution in [2.45, 2.75) is 26.3 Å². The number of benzene rings is 1. The van der Waals surface area contributed by atoms with Gasteiger partial charge in [0.15, 0.2) is 0 Å². The second kappa shape index (κ2) is 9.43. The molecule has 0 bridgehead atoms. The minimum Gasteiger partial charge on any atom is -0.491 e. The molecule has 0 radical (unpaired) electrons. The zero-order valence-corrected chi connectivity index (χ0v) is 14.0. The maximum absolute atomic E-state index is 12.3. The van der Waals surface area contributed by atoms with Crippen molar-refractivity contribution in [3.63, 3.8) is 0 Å². The first-order chi connectivity index (χ1) is 10.5. The summed E-state index contributed by atoms with van der Waals surface area (Å²) in [7, 11) is 3.44. The van der Waals surface area contributed by atoms with Gasteiger partial charge >= 0.3 is 0 Å². The minimum absolute atomic E-state index is 0.000558. The summed E-state index contributed by atoms with van der Waals surface area (Å²) < 4.78 is 10.4. The zero-order chi connectivity index (χ0) is 16.5. The Hall–Kier alpha value is -1.59. The van der Waals surface area contributed by atoms with Crippen LogP contribution < -0.4 is 10.5 Å². The second-order valence-electron chi connectivity index (χ2n) is 5.79. The maximum atomic E-state index is 12.3. The first-order valence-corrected chi connectivity index (χ1v) is 7.68. The van der Waals surface area contributed by atoms with Crippen molar-refractivity contribution < 1.29 is 14.3 Å². The molecule has 0 aliphatic rings. The molecular weight excluding hydrogens is 280 g/mol. The van der Waals surface area contributed by atoms with Gasteiger partial charge in [0, 0.05) is 32.3 Å². The van der Waals surface area contributed by atoms with Gasteiger partial charge in [-0.15, -0.1) is 0 Å². The second-order valence-corrected chi connectivity index (χ2v) is 5.79. The van der Waals surface area contributed by atoms with Gasteiger partial charge in [-0.3, -0.25) is 4.79 Å². The van der Waals surface area contributed by atoms with Crippen LogP contribution in [0.25, 0.3) is 0 Å². The van der Waals surface area contributed by atoms with Crippen LogP contribution in [-0.4, -0.2) is 50.8 Å². The Balaban J connectivity index is 2.50. The van der Waals surface area contributed by atoms with Gasteiger partial charge in [-0.05, 0) is 36.6 Å². The van der Waals surface area contributed by atoms with E-state index in [1.54, 1.807) is 43.3 Å². The first kappa shape index (κ1) is 18.5. The molecule has 0 aliphatic carbocycles. The van der Waals surface area contributed by atoms with E-state index in [4.69, 9.17) is 15.2 Å². The summed E-state index contributed by atoms with van der Waals surface area (Å²) in [6.07, 6.45) is 0.804. The first-order valence-electron chi connectivity index (χ1n) is 7.68. The van der Waals surface area contributed by atoms with Crippen LogP contribution in [0.15, 0.2) is 24.3 Å². The average molecular weight is 308 g/mol. The molecule has 1 aromatic rings. The van der Waals surface area contributed by atoms with Gasteiger partial charge in [-0.25, -0.2) is 0 Å². The molecule has 1 atom stereocenters. The molecule has 2 N–H and O–H groups in total. The molecule has 0 saturated heterocycles. The monoisotopic (exact) mass is 308 g/mol. The van der Waals surface area contributed by atoms with E-state index in [0.717, 1.165) is 12.2 Å². The average Bonchev–Trinajstić information content (AvgIpc) is 2.52. The highest BCUT2D eigenvalue weighted by molar-refractivity contribution is 5.94. The van der Waals surface area contributed by atoms with E-state index in [2.05, 4.69) is 13.8 Å². The SMILES string of the molecule is COCCOc1ccc(C(=O)N(C)CCC(N)C(C)C)cc1. The van der Waals surface area contributed by atoms with E-state index in [-0.39, 0.29) is 11.9 Å². The van der Waals surface area contributed by atoms with Crippen LogP contribution in [0, 0.1) is 5.92 Å². The molecule has 1 aromatic carbocycles. The molecule has 0 spiro atoms. The van der Waals surface area contributed by atoms with E-state index in [1.165, 1.54) is 0 Å². The Kier molecular flexibility index (Phi) is 7.91. The third-order valence-electron chi connectivity index (χ3n) is 3.66. The lowest BCUT2D eigenvalue weighted by atomic mass is 10.0. The lowest BCUT2D eigenvalue weighted by Crippen LogP contribution is -2.34. The largest absolute Gasteiger partial charge is 0.491 e. The number of rotatable bonds is 9. The summed E-state index contributed by atoms with van der Waals surface area (Å²) in [4.78, 5) is 14.0. The summed E-state index contributed by atoms with van der Waals surface area (Å²) in [5.41, 5.74) is 6.67. The van der Waals surface area contributed by atoms with E-state index in [9.17, 15) is 4.79 Å². The summed E-state index contributed by atoms with van der Waals surface area (Å²) >= 11 is 0. The maximum Gasteiger partial charge on any atom is 0.253 e. The Morgan fingerprint density at radius 2 is 1.86 bits per heavy atom. The summed E-state index contributed by atoms with van der Waals surface area (Å²) in [6, 6.07) is 7.28.